The van der Waals surface area contributed by atoms with Crippen LogP contribution in [0.1, 0.15) is 6.92 Å². The lowest BCUT2D eigenvalue weighted by atomic mass is 10.00. The standard InChI is InChI=1S/C10H10BrF2NO/c1-10(4-14-5-10)15-9-3-8(13)7(12)2-6(9)11/h2-3,14H,4-5H2,1H3. The van der Waals surface area contributed by atoms with E-state index in [9.17, 15) is 8.78 Å². The fraction of sp³-hybridized carbons (Fsp3) is 0.400. The second kappa shape index (κ2) is 3.72. The van der Waals surface area contributed by atoms with E-state index in [0.717, 1.165) is 12.1 Å². The van der Waals surface area contributed by atoms with E-state index in [2.05, 4.69) is 21.2 Å². The zero-order valence-corrected chi connectivity index (χ0v) is 9.70. The van der Waals surface area contributed by atoms with Crippen molar-refractivity contribution in [3.05, 3.63) is 28.2 Å². The summed E-state index contributed by atoms with van der Waals surface area (Å²) in [5.41, 5.74) is -0.327. The number of halogens is 3. The molecule has 82 valence electrons. The maximum absolute atomic E-state index is 13.0. The van der Waals surface area contributed by atoms with E-state index >= 15 is 0 Å². The van der Waals surface area contributed by atoms with Crippen molar-refractivity contribution in [2.24, 2.45) is 0 Å². The van der Waals surface area contributed by atoms with Crippen molar-refractivity contribution >= 4 is 15.9 Å². The molecule has 1 saturated heterocycles. The normalized spacial score (nSPS) is 18.4. The first kappa shape index (κ1) is 10.8. The third-order valence-corrected chi connectivity index (χ3v) is 2.95. The summed E-state index contributed by atoms with van der Waals surface area (Å²) in [6.07, 6.45) is 0. The van der Waals surface area contributed by atoms with Crippen LogP contribution in [0.15, 0.2) is 16.6 Å². The van der Waals surface area contributed by atoms with Gasteiger partial charge in [-0.25, -0.2) is 8.78 Å². The molecule has 1 aliphatic heterocycles. The van der Waals surface area contributed by atoms with Gasteiger partial charge in [0.1, 0.15) is 11.4 Å². The number of hydrogen-bond donors (Lipinski definition) is 1. The third-order valence-electron chi connectivity index (χ3n) is 2.33. The van der Waals surface area contributed by atoms with Crippen LogP contribution in [0.4, 0.5) is 8.78 Å². The van der Waals surface area contributed by atoms with Gasteiger partial charge in [-0.05, 0) is 28.9 Å². The molecule has 0 bridgehead atoms. The first-order chi connectivity index (χ1) is 7.00. The summed E-state index contributed by atoms with van der Waals surface area (Å²) < 4.78 is 31.8. The molecule has 15 heavy (non-hydrogen) atoms. The Hall–Kier alpha value is -0.680. The van der Waals surface area contributed by atoms with Gasteiger partial charge in [-0.2, -0.15) is 0 Å². The zero-order valence-electron chi connectivity index (χ0n) is 8.11. The third kappa shape index (κ3) is 2.13. The van der Waals surface area contributed by atoms with Crippen LogP contribution in [0.25, 0.3) is 0 Å². The fourth-order valence-corrected chi connectivity index (χ4v) is 1.79. The Morgan fingerprint density at radius 2 is 1.93 bits per heavy atom. The van der Waals surface area contributed by atoms with Crippen molar-refractivity contribution in [3.8, 4) is 5.75 Å². The molecule has 1 aromatic carbocycles. The molecule has 0 atom stereocenters. The van der Waals surface area contributed by atoms with Crippen LogP contribution in [0.3, 0.4) is 0 Å². The van der Waals surface area contributed by atoms with E-state index in [1.807, 2.05) is 6.92 Å². The van der Waals surface area contributed by atoms with E-state index in [1.54, 1.807) is 0 Å². The quantitative estimate of drug-likeness (QED) is 0.839. The topological polar surface area (TPSA) is 21.3 Å². The summed E-state index contributed by atoms with van der Waals surface area (Å²) in [5.74, 6) is -1.45. The minimum atomic E-state index is -0.899. The predicted molar refractivity (Wildman–Crippen MR) is 56.0 cm³/mol. The molecule has 0 amide bonds. The smallest absolute Gasteiger partial charge is 0.162 e. The highest BCUT2D eigenvalue weighted by Gasteiger charge is 2.34. The molecule has 0 unspecified atom stereocenters. The highest BCUT2D eigenvalue weighted by atomic mass is 79.9. The minimum Gasteiger partial charge on any atom is -0.484 e. The van der Waals surface area contributed by atoms with Crippen LogP contribution >= 0.6 is 15.9 Å². The number of nitrogens with one attached hydrogen (secondary N) is 1. The fourth-order valence-electron chi connectivity index (χ4n) is 1.40. The van der Waals surface area contributed by atoms with Crippen LogP contribution in [0, 0.1) is 11.6 Å². The second-order valence-corrected chi connectivity index (χ2v) is 4.71. The summed E-state index contributed by atoms with van der Waals surface area (Å²) >= 11 is 3.14. The Morgan fingerprint density at radius 1 is 1.33 bits per heavy atom. The molecule has 0 spiro atoms. The van der Waals surface area contributed by atoms with Crippen molar-refractivity contribution in [1.82, 2.24) is 5.32 Å². The van der Waals surface area contributed by atoms with Gasteiger partial charge in [0.25, 0.3) is 0 Å². The predicted octanol–water partition coefficient (Wildman–Crippen LogP) is 2.47. The van der Waals surface area contributed by atoms with Gasteiger partial charge in [-0.3, -0.25) is 0 Å². The Morgan fingerprint density at radius 3 is 2.47 bits per heavy atom. The minimum absolute atomic E-state index is 0.327. The highest BCUT2D eigenvalue weighted by Crippen LogP contribution is 2.31. The van der Waals surface area contributed by atoms with Gasteiger partial charge in [-0.15, -0.1) is 0 Å². The van der Waals surface area contributed by atoms with Gasteiger partial charge in [0, 0.05) is 19.2 Å². The molecule has 0 saturated carbocycles. The molecule has 2 rings (SSSR count). The molecule has 5 heteroatoms. The molecule has 0 radical (unpaired) electrons. The van der Waals surface area contributed by atoms with Gasteiger partial charge < -0.3 is 10.1 Å². The van der Waals surface area contributed by atoms with Gasteiger partial charge in [-0.1, -0.05) is 0 Å². The van der Waals surface area contributed by atoms with Gasteiger partial charge >= 0.3 is 0 Å². The van der Waals surface area contributed by atoms with Gasteiger partial charge in [0.05, 0.1) is 4.47 Å². The molecule has 1 N–H and O–H groups in total. The molecule has 0 aliphatic carbocycles. The summed E-state index contributed by atoms with van der Waals surface area (Å²) in [7, 11) is 0. The lowest BCUT2D eigenvalue weighted by molar-refractivity contribution is 0.0337. The van der Waals surface area contributed by atoms with Crippen LogP contribution < -0.4 is 10.1 Å². The number of benzene rings is 1. The van der Waals surface area contributed by atoms with Crippen molar-refractivity contribution < 1.29 is 13.5 Å². The van der Waals surface area contributed by atoms with Gasteiger partial charge in [0.2, 0.25) is 0 Å². The number of ether oxygens (including phenoxy) is 1. The van der Waals surface area contributed by atoms with Crippen molar-refractivity contribution in [3.63, 3.8) is 0 Å². The molecule has 1 fully saturated rings. The van der Waals surface area contributed by atoms with E-state index in [-0.39, 0.29) is 5.60 Å². The Labute approximate surface area is 94.7 Å². The summed E-state index contributed by atoms with van der Waals surface area (Å²) in [5, 5.41) is 3.06. The molecule has 2 nitrogen and oxygen atoms in total. The van der Waals surface area contributed by atoms with Crippen molar-refractivity contribution in [2.75, 3.05) is 13.1 Å². The van der Waals surface area contributed by atoms with E-state index < -0.39 is 11.6 Å². The lowest BCUT2D eigenvalue weighted by Crippen LogP contribution is -2.61. The molecule has 1 aromatic rings. The molecule has 1 heterocycles. The highest BCUT2D eigenvalue weighted by molar-refractivity contribution is 9.10. The second-order valence-electron chi connectivity index (χ2n) is 3.85. The zero-order chi connectivity index (χ0) is 11.1. The lowest BCUT2D eigenvalue weighted by Gasteiger charge is -2.39. The summed E-state index contributed by atoms with van der Waals surface area (Å²) in [6, 6.07) is 2.13. The van der Waals surface area contributed by atoms with E-state index in [4.69, 9.17) is 4.74 Å². The van der Waals surface area contributed by atoms with Crippen LogP contribution in [-0.4, -0.2) is 18.7 Å². The average Bonchev–Trinajstić information content (AvgIpc) is 2.11. The van der Waals surface area contributed by atoms with E-state index in [1.165, 1.54) is 0 Å². The number of hydrogen-bond acceptors (Lipinski definition) is 2. The Kier molecular flexibility index (Phi) is 2.68. The molecular formula is C10H10BrF2NO. The Balaban J connectivity index is 2.24. The summed E-state index contributed by atoms with van der Waals surface area (Å²) in [4.78, 5) is 0. The van der Waals surface area contributed by atoms with Crippen LogP contribution in [0.5, 0.6) is 5.75 Å². The summed E-state index contributed by atoms with van der Waals surface area (Å²) in [6.45, 7) is 3.33. The Bertz CT molecular complexity index is 393. The number of rotatable bonds is 2. The maximum atomic E-state index is 13.0. The maximum Gasteiger partial charge on any atom is 0.162 e. The SMILES string of the molecule is CC1(Oc2cc(F)c(F)cc2Br)CNC1. The van der Waals surface area contributed by atoms with Gasteiger partial charge in [0.15, 0.2) is 11.6 Å². The van der Waals surface area contributed by atoms with E-state index in [0.29, 0.717) is 23.3 Å². The van der Waals surface area contributed by atoms with Crippen molar-refractivity contribution in [2.45, 2.75) is 12.5 Å². The molecular weight excluding hydrogens is 268 g/mol. The van der Waals surface area contributed by atoms with Crippen LogP contribution in [0.2, 0.25) is 0 Å². The molecule has 1 aliphatic rings. The first-order valence-electron chi connectivity index (χ1n) is 4.54. The average molecular weight is 278 g/mol. The monoisotopic (exact) mass is 277 g/mol. The van der Waals surface area contributed by atoms with Crippen LogP contribution in [-0.2, 0) is 0 Å². The van der Waals surface area contributed by atoms with Crippen molar-refractivity contribution in [1.29, 1.82) is 0 Å². The first-order valence-corrected chi connectivity index (χ1v) is 5.34. The largest absolute Gasteiger partial charge is 0.484 e. The molecule has 0 aromatic heterocycles.